The Kier molecular flexibility index (Phi) is 5.43. The summed E-state index contributed by atoms with van der Waals surface area (Å²) in [7, 11) is 0. The van der Waals surface area contributed by atoms with Crippen molar-refractivity contribution in [1.82, 2.24) is 4.98 Å². The van der Waals surface area contributed by atoms with E-state index in [1.54, 1.807) is 13.1 Å². The zero-order chi connectivity index (χ0) is 14.2. The summed E-state index contributed by atoms with van der Waals surface area (Å²) in [5.41, 5.74) is 0.950. The molecule has 1 aromatic heterocycles. The summed E-state index contributed by atoms with van der Waals surface area (Å²) in [6.07, 6.45) is 2.05. The van der Waals surface area contributed by atoms with Gasteiger partial charge in [-0.2, -0.15) is 0 Å². The van der Waals surface area contributed by atoms with Crippen LogP contribution in [0.15, 0.2) is 53.6 Å². The van der Waals surface area contributed by atoms with Crippen LogP contribution in [0.25, 0.3) is 0 Å². The van der Waals surface area contributed by atoms with E-state index in [0.29, 0.717) is 13.0 Å². The number of nitrogens with one attached hydrogen (secondary N) is 1. The fourth-order valence-corrected chi connectivity index (χ4v) is 2.20. The second kappa shape index (κ2) is 7.55. The molecule has 0 amide bonds. The molecule has 0 saturated carbocycles. The molecule has 0 saturated heterocycles. The van der Waals surface area contributed by atoms with Gasteiger partial charge in [0.05, 0.1) is 13.0 Å². The second-order valence-electron chi connectivity index (χ2n) is 4.04. The summed E-state index contributed by atoms with van der Waals surface area (Å²) in [5.74, 6) is 0.618. The van der Waals surface area contributed by atoms with Crippen molar-refractivity contribution in [3.8, 4) is 0 Å². The molecule has 0 unspecified atom stereocenters. The van der Waals surface area contributed by atoms with Gasteiger partial charge in [0.25, 0.3) is 0 Å². The van der Waals surface area contributed by atoms with Crippen molar-refractivity contribution in [1.29, 1.82) is 0 Å². The lowest BCUT2D eigenvalue weighted by Crippen LogP contribution is -2.07. The third-order valence-electron chi connectivity index (χ3n) is 2.52. The number of hydrogen-bond acceptors (Lipinski definition) is 5. The zero-order valence-corrected chi connectivity index (χ0v) is 12.0. The maximum atomic E-state index is 11.4. The van der Waals surface area contributed by atoms with Crippen molar-refractivity contribution >= 4 is 23.7 Å². The molecule has 2 aromatic rings. The van der Waals surface area contributed by atoms with E-state index >= 15 is 0 Å². The largest absolute Gasteiger partial charge is 0.466 e. The number of benzene rings is 1. The van der Waals surface area contributed by atoms with E-state index in [1.807, 2.05) is 42.5 Å². The number of hydrogen-bond donors (Lipinski definition) is 1. The van der Waals surface area contributed by atoms with Crippen LogP contribution in [0.2, 0.25) is 0 Å². The molecule has 5 heteroatoms. The first-order chi connectivity index (χ1) is 9.78. The third kappa shape index (κ3) is 4.59. The number of ether oxygens (including phenoxy) is 1. The second-order valence-corrected chi connectivity index (χ2v) is 4.92. The Morgan fingerprint density at radius 1 is 1.25 bits per heavy atom. The lowest BCUT2D eigenvalue weighted by atomic mass is 10.1. The highest BCUT2D eigenvalue weighted by Gasteiger charge is 2.04. The van der Waals surface area contributed by atoms with Crippen LogP contribution in [0.3, 0.4) is 0 Å². The van der Waals surface area contributed by atoms with Crippen molar-refractivity contribution < 1.29 is 9.53 Å². The Hall–Kier alpha value is -2.01. The molecule has 104 valence electrons. The molecule has 0 aliphatic heterocycles. The van der Waals surface area contributed by atoms with Gasteiger partial charge >= 0.3 is 5.97 Å². The number of rotatable bonds is 6. The van der Waals surface area contributed by atoms with Gasteiger partial charge in [-0.05, 0) is 48.7 Å². The van der Waals surface area contributed by atoms with Crippen molar-refractivity contribution in [2.45, 2.75) is 18.2 Å². The van der Waals surface area contributed by atoms with Crippen molar-refractivity contribution in [2.24, 2.45) is 0 Å². The summed E-state index contributed by atoms with van der Waals surface area (Å²) < 4.78 is 8.07. The molecule has 2 rings (SSSR count). The van der Waals surface area contributed by atoms with Gasteiger partial charge in [-0.1, -0.05) is 18.2 Å². The topological polar surface area (TPSA) is 51.2 Å². The number of carbonyl (C=O) groups is 1. The van der Waals surface area contributed by atoms with Gasteiger partial charge in [0.1, 0.15) is 5.82 Å². The van der Waals surface area contributed by atoms with Crippen LogP contribution in [-0.2, 0) is 16.0 Å². The molecule has 1 aromatic carbocycles. The first kappa shape index (κ1) is 14.4. The molecular weight excluding hydrogens is 272 g/mol. The summed E-state index contributed by atoms with van der Waals surface area (Å²) in [6, 6.07) is 13.5. The predicted octanol–water partition coefficient (Wildman–Crippen LogP) is 3.31. The van der Waals surface area contributed by atoms with Gasteiger partial charge in [-0.15, -0.1) is 0 Å². The molecule has 0 spiro atoms. The van der Waals surface area contributed by atoms with Gasteiger partial charge in [-0.25, -0.2) is 4.98 Å². The first-order valence-corrected chi connectivity index (χ1v) is 7.18. The summed E-state index contributed by atoms with van der Waals surface area (Å²) in [4.78, 5) is 16.6. The first-order valence-electron chi connectivity index (χ1n) is 6.36. The van der Waals surface area contributed by atoms with Crippen LogP contribution >= 0.6 is 11.9 Å². The molecule has 20 heavy (non-hydrogen) atoms. The number of esters is 1. The number of aromatic nitrogens is 1. The van der Waals surface area contributed by atoms with E-state index in [4.69, 9.17) is 4.74 Å². The number of nitrogens with zero attached hydrogens (tertiary/aromatic N) is 1. The summed E-state index contributed by atoms with van der Waals surface area (Å²) >= 11 is 1.48. The van der Waals surface area contributed by atoms with Gasteiger partial charge in [-0.3, -0.25) is 4.79 Å². The fraction of sp³-hybridized carbons (Fsp3) is 0.200. The van der Waals surface area contributed by atoms with E-state index in [0.717, 1.165) is 16.3 Å². The maximum absolute atomic E-state index is 11.4. The average Bonchev–Trinajstić information content (AvgIpc) is 2.48. The van der Waals surface area contributed by atoms with Crippen molar-refractivity contribution in [3.05, 3.63) is 54.2 Å². The lowest BCUT2D eigenvalue weighted by Gasteiger charge is -2.05. The van der Waals surface area contributed by atoms with Crippen LogP contribution in [-0.4, -0.2) is 17.6 Å². The minimum atomic E-state index is -0.195. The molecule has 0 atom stereocenters. The molecule has 0 fully saturated rings. The lowest BCUT2D eigenvalue weighted by molar-refractivity contribution is -0.142. The highest BCUT2D eigenvalue weighted by atomic mass is 32.2. The van der Waals surface area contributed by atoms with Crippen LogP contribution in [0.1, 0.15) is 12.5 Å². The molecule has 0 aliphatic carbocycles. The number of carbonyl (C=O) groups excluding carboxylic acids is 1. The van der Waals surface area contributed by atoms with Gasteiger partial charge in [0.15, 0.2) is 0 Å². The molecule has 0 radical (unpaired) electrons. The average molecular weight is 288 g/mol. The highest BCUT2D eigenvalue weighted by molar-refractivity contribution is 8.00. The van der Waals surface area contributed by atoms with E-state index in [-0.39, 0.29) is 5.97 Å². The van der Waals surface area contributed by atoms with Gasteiger partial charge < -0.3 is 9.46 Å². The summed E-state index contributed by atoms with van der Waals surface area (Å²) in [5, 5.41) is 0. The summed E-state index contributed by atoms with van der Waals surface area (Å²) in [6.45, 7) is 2.22. The van der Waals surface area contributed by atoms with Crippen LogP contribution < -0.4 is 4.72 Å². The standard InChI is InChI=1S/C15H16N2O2S/c1-2-19-15(18)11-12-6-8-13(9-7-12)20-17-14-5-3-4-10-16-14/h3-10H,2,11H2,1H3,(H,16,17). The van der Waals surface area contributed by atoms with E-state index in [1.165, 1.54) is 11.9 Å². The minimum Gasteiger partial charge on any atom is -0.466 e. The maximum Gasteiger partial charge on any atom is 0.310 e. The van der Waals surface area contributed by atoms with E-state index < -0.39 is 0 Å². The smallest absolute Gasteiger partial charge is 0.310 e. The Balaban J connectivity index is 1.87. The van der Waals surface area contributed by atoms with Crippen molar-refractivity contribution in [2.75, 3.05) is 11.3 Å². The molecular formula is C15H16N2O2S. The minimum absolute atomic E-state index is 0.195. The Bertz CT molecular complexity index is 544. The van der Waals surface area contributed by atoms with E-state index in [9.17, 15) is 4.79 Å². The highest BCUT2D eigenvalue weighted by Crippen LogP contribution is 2.20. The third-order valence-corrected chi connectivity index (χ3v) is 3.33. The molecule has 1 N–H and O–H groups in total. The predicted molar refractivity (Wildman–Crippen MR) is 80.5 cm³/mol. The normalized spacial score (nSPS) is 10.1. The van der Waals surface area contributed by atoms with Gasteiger partial charge in [0.2, 0.25) is 0 Å². The monoisotopic (exact) mass is 288 g/mol. The van der Waals surface area contributed by atoms with Gasteiger partial charge in [0, 0.05) is 11.1 Å². The van der Waals surface area contributed by atoms with Crippen LogP contribution in [0.4, 0.5) is 5.82 Å². The number of pyridine rings is 1. The fourth-order valence-electron chi connectivity index (χ4n) is 1.59. The molecule has 1 heterocycles. The Labute approximate surface area is 122 Å². The Morgan fingerprint density at radius 3 is 2.70 bits per heavy atom. The molecule has 0 bridgehead atoms. The Morgan fingerprint density at radius 2 is 2.05 bits per heavy atom. The van der Waals surface area contributed by atoms with Crippen molar-refractivity contribution in [3.63, 3.8) is 0 Å². The van der Waals surface area contributed by atoms with E-state index in [2.05, 4.69) is 9.71 Å². The number of anilines is 1. The van der Waals surface area contributed by atoms with Crippen LogP contribution in [0, 0.1) is 0 Å². The quantitative estimate of drug-likeness (QED) is 0.653. The van der Waals surface area contributed by atoms with Crippen LogP contribution in [0.5, 0.6) is 0 Å². The molecule has 4 nitrogen and oxygen atoms in total. The zero-order valence-electron chi connectivity index (χ0n) is 11.2. The SMILES string of the molecule is CCOC(=O)Cc1ccc(SNc2ccccn2)cc1. The molecule has 0 aliphatic rings.